The molecule has 186 valence electrons. The first kappa shape index (κ1) is 25.3. The standard InChI is InChI=1S/C24H15Cl2F3N2O5/c1-35-22-16(8-13(25)9-17(22)26)20(32)18-19(12-4-3-7-30-11-12)31(23(34)21(18)33)14-5-2-6-15(10-14)36-24(27,28)29/h2-11,19,32H,1H3/b20-18+. The van der Waals surface area contributed by atoms with E-state index >= 15 is 0 Å². The van der Waals surface area contributed by atoms with E-state index in [9.17, 15) is 27.9 Å². The van der Waals surface area contributed by atoms with Crippen LogP contribution < -0.4 is 14.4 Å². The van der Waals surface area contributed by atoms with Gasteiger partial charge in [0.1, 0.15) is 17.3 Å². The van der Waals surface area contributed by atoms with Crippen molar-refractivity contribution in [3.63, 3.8) is 0 Å². The van der Waals surface area contributed by atoms with Crippen molar-refractivity contribution in [2.75, 3.05) is 12.0 Å². The van der Waals surface area contributed by atoms with Crippen LogP contribution in [0.15, 0.2) is 66.5 Å². The molecule has 12 heteroatoms. The van der Waals surface area contributed by atoms with Crippen LogP contribution >= 0.6 is 23.2 Å². The topological polar surface area (TPSA) is 89.0 Å². The number of aliphatic hydroxyl groups excluding tert-OH is 1. The number of benzene rings is 2. The lowest BCUT2D eigenvalue weighted by Gasteiger charge is -2.25. The van der Waals surface area contributed by atoms with E-state index in [2.05, 4.69) is 9.72 Å². The number of aliphatic hydroxyl groups is 1. The average Bonchev–Trinajstić information content (AvgIpc) is 3.08. The molecule has 36 heavy (non-hydrogen) atoms. The molecule has 1 N–H and O–H groups in total. The first-order valence-corrected chi connectivity index (χ1v) is 10.9. The number of anilines is 1. The Bertz CT molecular complexity index is 1380. The Kier molecular flexibility index (Phi) is 6.83. The summed E-state index contributed by atoms with van der Waals surface area (Å²) in [6, 6.07) is 9.05. The minimum atomic E-state index is -4.97. The monoisotopic (exact) mass is 538 g/mol. The van der Waals surface area contributed by atoms with E-state index < -0.39 is 35.6 Å². The first-order chi connectivity index (χ1) is 17.0. The van der Waals surface area contributed by atoms with Gasteiger partial charge in [0.25, 0.3) is 11.7 Å². The van der Waals surface area contributed by atoms with Crippen molar-refractivity contribution in [3.8, 4) is 11.5 Å². The molecule has 4 rings (SSSR count). The third kappa shape index (κ3) is 4.82. The molecule has 0 aliphatic carbocycles. The summed E-state index contributed by atoms with van der Waals surface area (Å²) < 4.78 is 47.6. The summed E-state index contributed by atoms with van der Waals surface area (Å²) in [4.78, 5) is 31.4. The predicted octanol–water partition coefficient (Wildman–Crippen LogP) is 5.92. The van der Waals surface area contributed by atoms with Crippen LogP contribution in [0, 0.1) is 0 Å². The van der Waals surface area contributed by atoms with Gasteiger partial charge in [-0.3, -0.25) is 19.5 Å². The second kappa shape index (κ2) is 9.71. The van der Waals surface area contributed by atoms with E-state index in [1.807, 2.05) is 0 Å². The van der Waals surface area contributed by atoms with Crippen LogP contribution in [0.3, 0.4) is 0 Å². The number of nitrogens with zero attached hydrogens (tertiary/aromatic N) is 2. The zero-order valence-electron chi connectivity index (χ0n) is 18.2. The van der Waals surface area contributed by atoms with E-state index in [1.54, 1.807) is 6.07 Å². The minimum Gasteiger partial charge on any atom is -0.507 e. The SMILES string of the molecule is COc1c(Cl)cc(Cl)cc1/C(O)=C1\C(=O)C(=O)N(c2cccc(OC(F)(F)F)c2)C1c1cccnc1. The molecule has 1 aromatic heterocycles. The normalized spacial score (nSPS) is 17.4. The lowest BCUT2D eigenvalue weighted by molar-refractivity contribution is -0.274. The van der Waals surface area contributed by atoms with Gasteiger partial charge in [0.15, 0.2) is 0 Å². The molecule has 2 aromatic carbocycles. The smallest absolute Gasteiger partial charge is 0.507 e. The highest BCUT2D eigenvalue weighted by Crippen LogP contribution is 2.45. The summed E-state index contributed by atoms with van der Waals surface area (Å²) >= 11 is 12.3. The molecular formula is C24H15Cl2F3N2O5. The van der Waals surface area contributed by atoms with Gasteiger partial charge in [0, 0.05) is 29.2 Å². The number of alkyl halides is 3. The van der Waals surface area contributed by atoms with Gasteiger partial charge in [0.05, 0.1) is 29.3 Å². The van der Waals surface area contributed by atoms with E-state index in [1.165, 1.54) is 49.8 Å². The van der Waals surface area contributed by atoms with E-state index in [0.29, 0.717) is 5.56 Å². The van der Waals surface area contributed by atoms with Crippen molar-refractivity contribution in [1.29, 1.82) is 0 Å². The van der Waals surface area contributed by atoms with Crippen molar-refractivity contribution < 1.29 is 37.3 Å². The fourth-order valence-corrected chi connectivity index (χ4v) is 4.44. The summed E-state index contributed by atoms with van der Waals surface area (Å²) in [6.07, 6.45) is -2.17. The number of methoxy groups -OCH3 is 1. The third-order valence-electron chi connectivity index (χ3n) is 5.24. The summed E-state index contributed by atoms with van der Waals surface area (Å²) in [5.74, 6) is -3.44. The predicted molar refractivity (Wildman–Crippen MR) is 125 cm³/mol. The Morgan fingerprint density at radius 1 is 1.11 bits per heavy atom. The molecule has 1 aliphatic heterocycles. The van der Waals surface area contributed by atoms with E-state index in [-0.39, 0.29) is 32.6 Å². The molecule has 2 heterocycles. The summed E-state index contributed by atoms with van der Waals surface area (Å²) in [5.41, 5.74) is -0.210. The van der Waals surface area contributed by atoms with Crippen LogP contribution in [0.25, 0.3) is 5.76 Å². The number of hydrogen-bond donors (Lipinski definition) is 1. The summed E-state index contributed by atoms with van der Waals surface area (Å²) in [5, 5.41) is 11.4. The first-order valence-electron chi connectivity index (χ1n) is 10.1. The molecule has 0 bridgehead atoms. The number of rotatable bonds is 5. The average molecular weight is 539 g/mol. The molecule has 0 spiro atoms. The van der Waals surface area contributed by atoms with Gasteiger partial charge >= 0.3 is 6.36 Å². The van der Waals surface area contributed by atoms with Crippen LogP contribution in [0.2, 0.25) is 10.0 Å². The molecule has 0 saturated carbocycles. The number of carbonyl (C=O) groups is 2. The van der Waals surface area contributed by atoms with Crippen molar-refractivity contribution in [1.82, 2.24) is 4.98 Å². The van der Waals surface area contributed by atoms with Gasteiger partial charge in [0.2, 0.25) is 0 Å². The van der Waals surface area contributed by atoms with Gasteiger partial charge in [-0.1, -0.05) is 35.3 Å². The van der Waals surface area contributed by atoms with Crippen molar-refractivity contribution in [3.05, 3.63) is 87.7 Å². The molecule has 1 saturated heterocycles. The van der Waals surface area contributed by atoms with Gasteiger partial charge < -0.3 is 14.6 Å². The quantitative estimate of drug-likeness (QED) is 0.246. The largest absolute Gasteiger partial charge is 0.573 e. The lowest BCUT2D eigenvalue weighted by atomic mass is 9.95. The number of carbonyl (C=O) groups excluding carboxylic acids is 2. The molecular weight excluding hydrogens is 524 g/mol. The van der Waals surface area contributed by atoms with Crippen LogP contribution in [-0.4, -0.2) is 35.3 Å². The van der Waals surface area contributed by atoms with Crippen LogP contribution in [0.5, 0.6) is 11.5 Å². The number of aromatic nitrogens is 1. The molecule has 1 unspecified atom stereocenters. The van der Waals surface area contributed by atoms with Crippen LogP contribution in [0.4, 0.5) is 18.9 Å². The molecule has 1 amide bonds. The fourth-order valence-electron chi connectivity index (χ4n) is 3.87. The maximum Gasteiger partial charge on any atom is 0.573 e. The second-order valence-electron chi connectivity index (χ2n) is 7.47. The van der Waals surface area contributed by atoms with Crippen LogP contribution in [0.1, 0.15) is 17.2 Å². The molecule has 1 atom stereocenters. The van der Waals surface area contributed by atoms with Gasteiger partial charge in [-0.25, -0.2) is 0 Å². The zero-order chi connectivity index (χ0) is 26.2. The maximum atomic E-state index is 13.2. The maximum absolute atomic E-state index is 13.2. The lowest BCUT2D eigenvalue weighted by Crippen LogP contribution is -2.29. The van der Waals surface area contributed by atoms with Gasteiger partial charge in [-0.2, -0.15) is 0 Å². The second-order valence-corrected chi connectivity index (χ2v) is 8.31. The Morgan fingerprint density at radius 3 is 2.50 bits per heavy atom. The number of hydrogen-bond acceptors (Lipinski definition) is 6. The van der Waals surface area contributed by atoms with E-state index in [4.69, 9.17) is 27.9 Å². The summed E-state index contributed by atoms with van der Waals surface area (Å²) in [6.45, 7) is 0. The number of halogens is 5. The van der Waals surface area contributed by atoms with Crippen molar-refractivity contribution in [2.45, 2.75) is 12.4 Å². The zero-order valence-corrected chi connectivity index (χ0v) is 19.7. The molecule has 0 radical (unpaired) electrons. The third-order valence-corrected chi connectivity index (χ3v) is 5.74. The molecule has 1 fully saturated rings. The molecule has 1 aliphatic rings. The van der Waals surface area contributed by atoms with Gasteiger partial charge in [-0.15, -0.1) is 13.2 Å². The highest BCUT2D eigenvalue weighted by molar-refractivity contribution is 6.52. The Balaban J connectivity index is 1.95. The number of ketones is 1. The van der Waals surface area contributed by atoms with Crippen LogP contribution in [-0.2, 0) is 9.59 Å². The molecule has 7 nitrogen and oxygen atoms in total. The minimum absolute atomic E-state index is 0.00437. The Labute approximate surface area is 212 Å². The Hall–Kier alpha value is -3.76. The van der Waals surface area contributed by atoms with Gasteiger partial charge in [-0.05, 0) is 35.9 Å². The number of amides is 1. The van der Waals surface area contributed by atoms with E-state index in [0.717, 1.165) is 17.0 Å². The fraction of sp³-hybridized carbons (Fsp3) is 0.125. The highest BCUT2D eigenvalue weighted by Gasteiger charge is 2.47. The number of pyridine rings is 1. The Morgan fingerprint density at radius 2 is 1.86 bits per heavy atom. The number of ether oxygens (including phenoxy) is 2. The van der Waals surface area contributed by atoms with Crippen molar-refractivity contribution in [2.24, 2.45) is 0 Å². The molecule has 3 aromatic rings. The van der Waals surface area contributed by atoms with Crippen molar-refractivity contribution >= 4 is 46.3 Å². The summed E-state index contributed by atoms with van der Waals surface area (Å²) in [7, 11) is 1.29. The number of Topliss-reactive ketones (excluding diaryl/α,β-unsaturated/α-hetero) is 1. The highest BCUT2D eigenvalue weighted by atomic mass is 35.5.